The molecule has 140 valence electrons. The standard InChI is InChI=1S/C22H18Cl2N4/c1-14-9-11-15(12-10-14)13-25-21-16-5-2-3-7-18(16)26-22(28-21)27-19-8-4-6-17(23)20(19)24/h2-12H,13H2,1H3,(H2,25,26,27,28). The molecule has 6 heteroatoms. The smallest absolute Gasteiger partial charge is 0.229 e. The number of halogens is 2. The van der Waals surface area contributed by atoms with Gasteiger partial charge in [0.2, 0.25) is 5.95 Å². The molecule has 28 heavy (non-hydrogen) atoms. The Bertz CT molecular complexity index is 1130. The summed E-state index contributed by atoms with van der Waals surface area (Å²) in [7, 11) is 0. The number of benzene rings is 3. The highest BCUT2D eigenvalue weighted by Crippen LogP contribution is 2.32. The third kappa shape index (κ3) is 4.03. The second kappa shape index (κ2) is 8.05. The van der Waals surface area contributed by atoms with Crippen LogP contribution in [0.5, 0.6) is 0 Å². The van der Waals surface area contributed by atoms with Gasteiger partial charge in [-0.15, -0.1) is 0 Å². The number of fused-ring (bicyclic) bond motifs is 1. The summed E-state index contributed by atoms with van der Waals surface area (Å²) in [6, 6.07) is 21.7. The normalized spacial score (nSPS) is 10.8. The third-order valence-corrected chi connectivity index (χ3v) is 5.20. The number of aromatic nitrogens is 2. The maximum atomic E-state index is 6.29. The number of aryl methyl sites for hydroxylation is 1. The van der Waals surface area contributed by atoms with E-state index in [4.69, 9.17) is 23.2 Å². The number of para-hydroxylation sites is 1. The second-order valence-electron chi connectivity index (χ2n) is 6.48. The molecular weight excluding hydrogens is 391 g/mol. The Labute approximate surface area is 173 Å². The number of nitrogens with zero attached hydrogens (tertiary/aromatic N) is 2. The summed E-state index contributed by atoms with van der Waals surface area (Å²) in [5.74, 6) is 1.21. The van der Waals surface area contributed by atoms with Gasteiger partial charge in [-0.1, -0.05) is 71.2 Å². The molecule has 0 amide bonds. The minimum Gasteiger partial charge on any atom is -0.365 e. The van der Waals surface area contributed by atoms with Crippen molar-refractivity contribution in [3.8, 4) is 0 Å². The fourth-order valence-electron chi connectivity index (χ4n) is 2.88. The summed E-state index contributed by atoms with van der Waals surface area (Å²) in [5, 5.41) is 8.47. The van der Waals surface area contributed by atoms with E-state index in [-0.39, 0.29) is 0 Å². The Morgan fingerprint density at radius 1 is 0.857 bits per heavy atom. The van der Waals surface area contributed by atoms with Crippen LogP contribution in [0.3, 0.4) is 0 Å². The van der Waals surface area contributed by atoms with E-state index in [1.54, 1.807) is 6.07 Å². The minimum atomic E-state index is 0.440. The summed E-state index contributed by atoms with van der Waals surface area (Å²) < 4.78 is 0. The molecule has 4 nitrogen and oxygen atoms in total. The quantitative estimate of drug-likeness (QED) is 0.390. The molecule has 0 saturated heterocycles. The summed E-state index contributed by atoms with van der Waals surface area (Å²) in [5.41, 5.74) is 3.92. The molecule has 4 rings (SSSR count). The molecule has 0 aliphatic rings. The van der Waals surface area contributed by atoms with Gasteiger partial charge in [0.25, 0.3) is 0 Å². The lowest BCUT2D eigenvalue weighted by Crippen LogP contribution is -2.06. The molecule has 0 aliphatic carbocycles. The van der Waals surface area contributed by atoms with E-state index in [0.717, 1.165) is 16.7 Å². The molecule has 1 aromatic heterocycles. The van der Waals surface area contributed by atoms with Crippen LogP contribution in [0, 0.1) is 6.92 Å². The van der Waals surface area contributed by atoms with E-state index in [9.17, 15) is 0 Å². The molecule has 0 atom stereocenters. The van der Waals surface area contributed by atoms with Gasteiger partial charge in [0, 0.05) is 11.9 Å². The van der Waals surface area contributed by atoms with Crippen molar-refractivity contribution in [2.45, 2.75) is 13.5 Å². The fraction of sp³-hybridized carbons (Fsp3) is 0.0909. The van der Waals surface area contributed by atoms with Crippen LogP contribution in [0.2, 0.25) is 10.0 Å². The monoisotopic (exact) mass is 408 g/mol. The molecular formula is C22H18Cl2N4. The highest BCUT2D eigenvalue weighted by atomic mass is 35.5. The van der Waals surface area contributed by atoms with Crippen molar-refractivity contribution < 1.29 is 0 Å². The van der Waals surface area contributed by atoms with Crippen molar-refractivity contribution in [1.29, 1.82) is 0 Å². The average molecular weight is 409 g/mol. The highest BCUT2D eigenvalue weighted by Gasteiger charge is 2.10. The van der Waals surface area contributed by atoms with E-state index in [1.807, 2.05) is 36.4 Å². The Morgan fingerprint density at radius 3 is 2.46 bits per heavy atom. The number of nitrogens with one attached hydrogen (secondary N) is 2. The zero-order valence-electron chi connectivity index (χ0n) is 15.2. The molecule has 0 saturated carbocycles. The summed E-state index contributed by atoms with van der Waals surface area (Å²) in [4.78, 5) is 9.27. The molecule has 1 heterocycles. The van der Waals surface area contributed by atoms with Crippen molar-refractivity contribution in [1.82, 2.24) is 9.97 Å². The van der Waals surface area contributed by atoms with Crippen LogP contribution in [0.25, 0.3) is 10.9 Å². The van der Waals surface area contributed by atoms with Crippen LogP contribution in [0.4, 0.5) is 17.5 Å². The Kier molecular flexibility index (Phi) is 5.33. The van der Waals surface area contributed by atoms with E-state index in [0.29, 0.717) is 28.2 Å². The van der Waals surface area contributed by atoms with Gasteiger partial charge in [0.05, 0.1) is 21.2 Å². The SMILES string of the molecule is Cc1ccc(CNc2nc(Nc3cccc(Cl)c3Cl)nc3ccccc23)cc1. The molecule has 0 aliphatic heterocycles. The molecule has 0 radical (unpaired) electrons. The second-order valence-corrected chi connectivity index (χ2v) is 7.26. The maximum Gasteiger partial charge on any atom is 0.229 e. The summed E-state index contributed by atoms with van der Waals surface area (Å²) in [6.45, 7) is 2.74. The molecule has 0 spiro atoms. The predicted molar refractivity (Wildman–Crippen MR) is 118 cm³/mol. The van der Waals surface area contributed by atoms with Crippen molar-refractivity contribution in [3.05, 3.63) is 87.9 Å². The van der Waals surface area contributed by atoms with Crippen molar-refractivity contribution in [2.24, 2.45) is 0 Å². The van der Waals surface area contributed by atoms with Gasteiger partial charge >= 0.3 is 0 Å². The lowest BCUT2D eigenvalue weighted by Gasteiger charge is -2.13. The fourth-order valence-corrected chi connectivity index (χ4v) is 3.23. The van der Waals surface area contributed by atoms with Crippen molar-refractivity contribution in [2.75, 3.05) is 10.6 Å². The predicted octanol–water partition coefficient (Wildman–Crippen LogP) is 6.60. The van der Waals surface area contributed by atoms with Gasteiger partial charge in [-0.25, -0.2) is 4.98 Å². The van der Waals surface area contributed by atoms with Crippen LogP contribution in [-0.2, 0) is 6.54 Å². The molecule has 3 aromatic carbocycles. The van der Waals surface area contributed by atoms with Gasteiger partial charge in [-0.2, -0.15) is 4.98 Å². The van der Waals surface area contributed by atoms with Crippen molar-refractivity contribution >= 4 is 51.6 Å². The number of hydrogen-bond donors (Lipinski definition) is 2. The van der Waals surface area contributed by atoms with Crippen molar-refractivity contribution in [3.63, 3.8) is 0 Å². The lowest BCUT2D eigenvalue weighted by atomic mass is 10.1. The molecule has 2 N–H and O–H groups in total. The minimum absolute atomic E-state index is 0.440. The molecule has 0 fully saturated rings. The first-order valence-electron chi connectivity index (χ1n) is 8.87. The summed E-state index contributed by atoms with van der Waals surface area (Å²) in [6.07, 6.45) is 0. The van der Waals surface area contributed by atoms with E-state index in [1.165, 1.54) is 11.1 Å². The van der Waals surface area contributed by atoms with E-state index >= 15 is 0 Å². The zero-order chi connectivity index (χ0) is 19.5. The number of hydrogen-bond acceptors (Lipinski definition) is 4. The molecule has 0 bridgehead atoms. The van der Waals surface area contributed by atoms with Gasteiger partial charge in [0.15, 0.2) is 0 Å². The Hall–Kier alpha value is -2.82. The van der Waals surface area contributed by atoms with Crippen LogP contribution in [0.15, 0.2) is 66.7 Å². The third-order valence-electron chi connectivity index (χ3n) is 4.38. The van der Waals surface area contributed by atoms with Gasteiger partial charge in [0.1, 0.15) is 5.82 Å². The Morgan fingerprint density at radius 2 is 1.64 bits per heavy atom. The first-order valence-corrected chi connectivity index (χ1v) is 9.63. The number of rotatable bonds is 5. The number of anilines is 3. The van der Waals surface area contributed by atoms with Gasteiger partial charge in [-0.05, 0) is 36.8 Å². The van der Waals surface area contributed by atoms with Crippen LogP contribution in [0.1, 0.15) is 11.1 Å². The maximum absolute atomic E-state index is 6.29. The first-order chi connectivity index (χ1) is 13.6. The van der Waals surface area contributed by atoms with Crippen LogP contribution >= 0.6 is 23.2 Å². The van der Waals surface area contributed by atoms with E-state index in [2.05, 4.69) is 51.8 Å². The highest BCUT2D eigenvalue weighted by molar-refractivity contribution is 6.43. The van der Waals surface area contributed by atoms with Gasteiger partial charge < -0.3 is 10.6 Å². The lowest BCUT2D eigenvalue weighted by molar-refractivity contribution is 1.10. The first kappa shape index (κ1) is 18.5. The van der Waals surface area contributed by atoms with Crippen LogP contribution < -0.4 is 10.6 Å². The van der Waals surface area contributed by atoms with Gasteiger partial charge in [-0.3, -0.25) is 0 Å². The zero-order valence-corrected chi connectivity index (χ0v) is 16.7. The Balaban J connectivity index is 1.66. The van der Waals surface area contributed by atoms with Crippen LogP contribution in [-0.4, -0.2) is 9.97 Å². The average Bonchev–Trinajstić information content (AvgIpc) is 2.71. The van der Waals surface area contributed by atoms with E-state index < -0.39 is 0 Å². The molecule has 0 unspecified atom stereocenters. The topological polar surface area (TPSA) is 49.8 Å². The largest absolute Gasteiger partial charge is 0.365 e. The molecule has 4 aromatic rings. The summed E-state index contributed by atoms with van der Waals surface area (Å²) >= 11 is 12.4.